The molecule has 0 unspecified atom stereocenters. The number of nitrogens with zero attached hydrogens (tertiary/aromatic N) is 2. The number of hydrogen-bond acceptors (Lipinski definition) is 3. The van der Waals surface area contributed by atoms with E-state index in [0.29, 0.717) is 6.54 Å². The summed E-state index contributed by atoms with van der Waals surface area (Å²) in [5.41, 5.74) is 0.980. The number of aliphatic imine (C=N–C) groups is 1. The highest BCUT2D eigenvalue weighted by Gasteiger charge is 2.03. The highest BCUT2D eigenvalue weighted by molar-refractivity contribution is 14.0. The minimum atomic E-state index is 0. The molecule has 1 heterocycles. The van der Waals surface area contributed by atoms with Crippen molar-refractivity contribution in [1.82, 2.24) is 15.8 Å². The standard InChI is InChI=1S/C11H20N4O.HI/c1-4-6-13-11(12-3)14-8-10-7-9(5-2)15-16-10;/h7H,4-6,8H2,1-3H3,(H2,12,13,14);1H. The lowest BCUT2D eigenvalue weighted by atomic mass is 10.3. The van der Waals surface area contributed by atoms with Gasteiger partial charge in [-0.1, -0.05) is 19.0 Å². The quantitative estimate of drug-likeness (QED) is 0.483. The first-order valence-electron chi connectivity index (χ1n) is 5.69. The molecule has 17 heavy (non-hydrogen) atoms. The Kier molecular flexibility index (Phi) is 8.83. The van der Waals surface area contributed by atoms with E-state index in [2.05, 4.69) is 34.6 Å². The van der Waals surface area contributed by atoms with Gasteiger partial charge >= 0.3 is 0 Å². The third-order valence-electron chi connectivity index (χ3n) is 2.17. The van der Waals surface area contributed by atoms with Crippen LogP contribution in [-0.4, -0.2) is 24.7 Å². The van der Waals surface area contributed by atoms with Crippen LogP contribution in [0.15, 0.2) is 15.6 Å². The van der Waals surface area contributed by atoms with E-state index in [9.17, 15) is 0 Å². The van der Waals surface area contributed by atoms with Gasteiger partial charge in [0.05, 0.1) is 12.2 Å². The fourth-order valence-electron chi connectivity index (χ4n) is 1.24. The normalized spacial score (nSPS) is 10.9. The highest BCUT2D eigenvalue weighted by atomic mass is 127. The maximum Gasteiger partial charge on any atom is 0.191 e. The van der Waals surface area contributed by atoms with E-state index in [4.69, 9.17) is 4.52 Å². The van der Waals surface area contributed by atoms with E-state index >= 15 is 0 Å². The molecule has 0 amide bonds. The van der Waals surface area contributed by atoms with Crippen molar-refractivity contribution in [1.29, 1.82) is 0 Å². The van der Waals surface area contributed by atoms with Crippen molar-refractivity contribution in [2.45, 2.75) is 33.2 Å². The van der Waals surface area contributed by atoms with E-state index in [1.807, 2.05) is 6.07 Å². The molecule has 1 rings (SSSR count). The van der Waals surface area contributed by atoms with Crippen molar-refractivity contribution in [3.63, 3.8) is 0 Å². The topological polar surface area (TPSA) is 62.5 Å². The molecule has 1 aromatic heterocycles. The van der Waals surface area contributed by atoms with Crippen LogP contribution in [0.3, 0.4) is 0 Å². The predicted octanol–water partition coefficient (Wildman–Crippen LogP) is 1.93. The monoisotopic (exact) mass is 352 g/mol. The van der Waals surface area contributed by atoms with Crippen molar-refractivity contribution in [2.24, 2.45) is 4.99 Å². The second-order valence-electron chi connectivity index (χ2n) is 3.49. The van der Waals surface area contributed by atoms with Gasteiger partial charge in [-0.3, -0.25) is 4.99 Å². The number of hydrogen-bond donors (Lipinski definition) is 2. The maximum absolute atomic E-state index is 5.16. The average molecular weight is 352 g/mol. The van der Waals surface area contributed by atoms with Gasteiger partial charge in [0.1, 0.15) is 0 Å². The number of rotatable bonds is 5. The largest absolute Gasteiger partial charge is 0.359 e. The van der Waals surface area contributed by atoms with Gasteiger partial charge in [-0.25, -0.2) is 0 Å². The molecule has 0 spiro atoms. The molecule has 0 saturated heterocycles. The summed E-state index contributed by atoms with van der Waals surface area (Å²) in [5.74, 6) is 1.62. The lowest BCUT2D eigenvalue weighted by molar-refractivity contribution is 0.374. The molecule has 98 valence electrons. The van der Waals surface area contributed by atoms with E-state index in [1.165, 1.54) is 0 Å². The second kappa shape index (κ2) is 9.26. The fraction of sp³-hybridized carbons (Fsp3) is 0.636. The Balaban J connectivity index is 0.00000256. The van der Waals surface area contributed by atoms with Crippen molar-refractivity contribution in [3.8, 4) is 0 Å². The Bertz CT molecular complexity index is 338. The molecule has 5 nitrogen and oxygen atoms in total. The maximum atomic E-state index is 5.16. The summed E-state index contributed by atoms with van der Waals surface area (Å²) in [6.07, 6.45) is 1.97. The average Bonchev–Trinajstić information content (AvgIpc) is 2.77. The molecule has 0 aliphatic carbocycles. The Morgan fingerprint density at radius 2 is 2.18 bits per heavy atom. The van der Waals surface area contributed by atoms with Gasteiger partial charge in [0.15, 0.2) is 11.7 Å². The molecule has 1 aromatic rings. The molecular weight excluding hydrogens is 331 g/mol. The molecule has 0 aliphatic rings. The van der Waals surface area contributed by atoms with Crippen LogP contribution < -0.4 is 10.6 Å². The highest BCUT2D eigenvalue weighted by Crippen LogP contribution is 2.03. The summed E-state index contributed by atoms with van der Waals surface area (Å²) in [4.78, 5) is 4.10. The fourth-order valence-corrected chi connectivity index (χ4v) is 1.24. The minimum absolute atomic E-state index is 0. The van der Waals surface area contributed by atoms with Gasteiger partial charge < -0.3 is 15.2 Å². The van der Waals surface area contributed by atoms with E-state index in [1.54, 1.807) is 7.05 Å². The molecule has 0 radical (unpaired) electrons. The van der Waals surface area contributed by atoms with Crippen LogP contribution in [0.2, 0.25) is 0 Å². The summed E-state index contributed by atoms with van der Waals surface area (Å²) in [6, 6.07) is 1.96. The van der Waals surface area contributed by atoms with Gasteiger partial charge in [0.2, 0.25) is 0 Å². The number of halogens is 1. The van der Waals surface area contributed by atoms with Crippen LogP contribution in [0.4, 0.5) is 0 Å². The minimum Gasteiger partial charge on any atom is -0.359 e. The van der Waals surface area contributed by atoms with Crippen molar-refractivity contribution in [3.05, 3.63) is 17.5 Å². The first-order valence-corrected chi connectivity index (χ1v) is 5.69. The molecule has 0 aromatic carbocycles. The molecule has 0 bridgehead atoms. The third kappa shape index (κ3) is 5.90. The molecule has 0 fully saturated rings. The Morgan fingerprint density at radius 3 is 2.71 bits per heavy atom. The Hall–Kier alpha value is -0.790. The van der Waals surface area contributed by atoms with Crippen molar-refractivity contribution in [2.75, 3.05) is 13.6 Å². The summed E-state index contributed by atoms with van der Waals surface area (Å²) >= 11 is 0. The smallest absolute Gasteiger partial charge is 0.191 e. The number of nitrogens with one attached hydrogen (secondary N) is 2. The zero-order chi connectivity index (χ0) is 11.8. The van der Waals surface area contributed by atoms with Crippen molar-refractivity contribution < 1.29 is 4.52 Å². The number of guanidine groups is 1. The predicted molar refractivity (Wildman–Crippen MR) is 79.8 cm³/mol. The molecule has 0 saturated carbocycles. The van der Waals surface area contributed by atoms with Gasteiger partial charge in [-0.2, -0.15) is 0 Å². The molecule has 2 N–H and O–H groups in total. The van der Waals surface area contributed by atoms with Gasteiger partial charge in [-0.05, 0) is 12.8 Å². The number of aryl methyl sites for hydroxylation is 1. The van der Waals surface area contributed by atoms with Crippen molar-refractivity contribution >= 4 is 29.9 Å². The first-order chi connectivity index (χ1) is 7.80. The number of aromatic nitrogens is 1. The van der Waals surface area contributed by atoms with Crippen LogP contribution in [-0.2, 0) is 13.0 Å². The molecule has 6 heteroatoms. The SMILES string of the molecule is CCCNC(=NC)NCc1cc(CC)no1.I. The summed E-state index contributed by atoms with van der Waals surface area (Å²) in [5, 5.41) is 10.3. The second-order valence-corrected chi connectivity index (χ2v) is 3.49. The van der Waals surface area contributed by atoms with Gasteiger partial charge in [0.25, 0.3) is 0 Å². The van der Waals surface area contributed by atoms with E-state index < -0.39 is 0 Å². The third-order valence-corrected chi connectivity index (χ3v) is 2.17. The zero-order valence-corrected chi connectivity index (χ0v) is 12.9. The van der Waals surface area contributed by atoms with E-state index in [0.717, 1.165) is 36.8 Å². The summed E-state index contributed by atoms with van der Waals surface area (Å²) < 4.78 is 5.16. The lowest BCUT2D eigenvalue weighted by Gasteiger charge is -2.08. The van der Waals surface area contributed by atoms with Crippen LogP contribution in [0.25, 0.3) is 0 Å². The van der Waals surface area contributed by atoms with Crippen LogP contribution in [0.5, 0.6) is 0 Å². The van der Waals surface area contributed by atoms with E-state index in [-0.39, 0.29) is 24.0 Å². The van der Waals surface area contributed by atoms with Gasteiger partial charge in [0, 0.05) is 19.7 Å². The lowest BCUT2D eigenvalue weighted by Crippen LogP contribution is -2.37. The summed E-state index contributed by atoms with van der Waals surface area (Å²) in [7, 11) is 1.75. The first kappa shape index (κ1) is 16.2. The molecule has 0 aliphatic heterocycles. The Morgan fingerprint density at radius 1 is 1.41 bits per heavy atom. The Labute approximate surface area is 119 Å². The van der Waals surface area contributed by atoms with Crippen LogP contribution >= 0.6 is 24.0 Å². The van der Waals surface area contributed by atoms with Gasteiger partial charge in [-0.15, -0.1) is 24.0 Å². The molecular formula is C11H21IN4O. The van der Waals surface area contributed by atoms with Crippen LogP contribution in [0, 0.1) is 0 Å². The zero-order valence-electron chi connectivity index (χ0n) is 10.6. The summed E-state index contributed by atoms with van der Waals surface area (Å²) in [6.45, 7) is 5.69. The van der Waals surface area contributed by atoms with Crippen LogP contribution in [0.1, 0.15) is 31.7 Å². The molecule has 0 atom stereocenters.